The lowest BCUT2D eigenvalue weighted by molar-refractivity contribution is -0.139. The van der Waals surface area contributed by atoms with Crippen LogP contribution in [0.2, 0.25) is 0 Å². The molecule has 0 bridgehead atoms. The average molecular weight is 278 g/mol. The van der Waals surface area contributed by atoms with Gasteiger partial charge < -0.3 is 10.1 Å². The van der Waals surface area contributed by atoms with Gasteiger partial charge in [0.2, 0.25) is 0 Å². The monoisotopic (exact) mass is 277 g/mol. The maximum Gasteiger partial charge on any atom is 0.325 e. The van der Waals surface area contributed by atoms with Gasteiger partial charge in [0.1, 0.15) is 6.54 Å². The fourth-order valence-corrected chi connectivity index (χ4v) is 2.02. The van der Waals surface area contributed by atoms with Crippen molar-refractivity contribution in [2.24, 2.45) is 0 Å². The molecular formula is C8H8BrNO3S. The molecular weight excluding hydrogens is 270 g/mol. The predicted octanol–water partition coefficient (Wildman–Crippen LogP) is 1.41. The number of esters is 1. The van der Waals surface area contributed by atoms with Gasteiger partial charge in [-0.25, -0.2) is 0 Å². The maximum atomic E-state index is 11.4. The zero-order chi connectivity index (χ0) is 10.6. The van der Waals surface area contributed by atoms with Crippen LogP contribution in [0.3, 0.4) is 0 Å². The van der Waals surface area contributed by atoms with Gasteiger partial charge in [0.05, 0.1) is 16.5 Å². The molecule has 0 aliphatic carbocycles. The Morgan fingerprint density at radius 3 is 2.86 bits per heavy atom. The zero-order valence-corrected chi connectivity index (χ0v) is 9.78. The summed E-state index contributed by atoms with van der Waals surface area (Å²) in [5.41, 5.74) is 0.527. The first-order chi connectivity index (χ1) is 6.65. The van der Waals surface area contributed by atoms with E-state index in [-0.39, 0.29) is 12.5 Å². The summed E-state index contributed by atoms with van der Waals surface area (Å²) in [6, 6.07) is 1.68. The quantitative estimate of drug-likeness (QED) is 0.851. The van der Waals surface area contributed by atoms with Crippen molar-refractivity contribution in [3.05, 3.63) is 20.8 Å². The molecule has 0 atom stereocenters. The number of methoxy groups -OCH3 is 1. The minimum atomic E-state index is -0.468. The lowest BCUT2D eigenvalue weighted by Crippen LogP contribution is -2.29. The second-order valence-electron chi connectivity index (χ2n) is 2.37. The molecule has 6 heteroatoms. The highest BCUT2D eigenvalue weighted by Crippen LogP contribution is 2.22. The molecule has 1 rings (SSSR count). The molecule has 1 heterocycles. The summed E-state index contributed by atoms with van der Waals surface area (Å²) in [6.45, 7) is -0.113. The third kappa shape index (κ3) is 2.81. The summed E-state index contributed by atoms with van der Waals surface area (Å²) in [7, 11) is 1.27. The Hall–Kier alpha value is -0.880. The molecule has 0 aromatic carbocycles. The third-order valence-electron chi connectivity index (χ3n) is 1.48. The summed E-state index contributed by atoms with van der Waals surface area (Å²) in [5, 5.41) is 4.23. The lowest BCUT2D eigenvalue weighted by Gasteiger charge is -2.02. The number of thiophene rings is 1. The molecule has 0 spiro atoms. The molecule has 0 saturated heterocycles. The molecule has 0 unspecified atom stereocenters. The summed E-state index contributed by atoms with van der Waals surface area (Å²) in [5.74, 6) is -0.756. The lowest BCUT2D eigenvalue weighted by atomic mass is 10.3. The van der Waals surface area contributed by atoms with Crippen molar-refractivity contribution in [3.8, 4) is 0 Å². The topological polar surface area (TPSA) is 55.4 Å². The van der Waals surface area contributed by atoms with E-state index in [0.717, 1.165) is 3.79 Å². The standard InChI is InChI=1S/C8H8BrNO3S/c1-13-6(11)4-10-8(12)5-2-3-14-7(5)9/h2-3H,4H2,1H3,(H,10,12). The van der Waals surface area contributed by atoms with Gasteiger partial charge >= 0.3 is 5.97 Å². The normalized spacial score (nSPS) is 9.57. The first kappa shape index (κ1) is 11.2. The fourth-order valence-electron chi connectivity index (χ4n) is 0.776. The minimum Gasteiger partial charge on any atom is -0.468 e. The van der Waals surface area contributed by atoms with Crippen LogP contribution in [-0.2, 0) is 9.53 Å². The van der Waals surface area contributed by atoms with Crippen LogP contribution in [0.1, 0.15) is 10.4 Å². The number of hydrogen-bond donors (Lipinski definition) is 1. The third-order valence-corrected chi connectivity index (χ3v) is 3.17. The Labute approximate surface area is 93.4 Å². The van der Waals surface area contributed by atoms with E-state index in [0.29, 0.717) is 5.56 Å². The van der Waals surface area contributed by atoms with Crippen LogP contribution in [0.15, 0.2) is 15.2 Å². The van der Waals surface area contributed by atoms with Crippen molar-refractivity contribution in [2.45, 2.75) is 0 Å². The van der Waals surface area contributed by atoms with Crippen molar-refractivity contribution < 1.29 is 14.3 Å². The Balaban J connectivity index is 2.52. The molecule has 4 nitrogen and oxygen atoms in total. The first-order valence-corrected chi connectivity index (χ1v) is 5.40. The number of nitrogens with one attached hydrogen (secondary N) is 1. The molecule has 0 fully saturated rings. The van der Waals surface area contributed by atoms with E-state index < -0.39 is 5.97 Å². The van der Waals surface area contributed by atoms with Crippen molar-refractivity contribution in [2.75, 3.05) is 13.7 Å². The number of carbonyl (C=O) groups is 2. The number of ether oxygens (including phenoxy) is 1. The van der Waals surface area contributed by atoms with E-state index in [2.05, 4.69) is 26.0 Å². The Bertz CT molecular complexity index is 350. The van der Waals surface area contributed by atoms with Crippen molar-refractivity contribution in [3.63, 3.8) is 0 Å². The number of rotatable bonds is 3. The molecule has 1 aromatic heterocycles. The summed E-state index contributed by atoms with van der Waals surface area (Å²) >= 11 is 4.64. The largest absolute Gasteiger partial charge is 0.468 e. The zero-order valence-electron chi connectivity index (χ0n) is 7.37. The minimum absolute atomic E-state index is 0.113. The van der Waals surface area contributed by atoms with Gasteiger partial charge in [0.25, 0.3) is 5.91 Å². The Morgan fingerprint density at radius 1 is 1.64 bits per heavy atom. The number of hydrogen-bond acceptors (Lipinski definition) is 4. The van der Waals surface area contributed by atoms with Gasteiger partial charge in [-0.3, -0.25) is 9.59 Å². The predicted molar refractivity (Wildman–Crippen MR) is 56.4 cm³/mol. The second-order valence-corrected chi connectivity index (χ2v) is 4.60. The van der Waals surface area contributed by atoms with E-state index in [9.17, 15) is 9.59 Å². The van der Waals surface area contributed by atoms with Crippen LogP contribution in [-0.4, -0.2) is 25.5 Å². The molecule has 1 aromatic rings. The summed E-state index contributed by atoms with van der Waals surface area (Å²) in [4.78, 5) is 22.1. The van der Waals surface area contributed by atoms with E-state index >= 15 is 0 Å². The van der Waals surface area contributed by atoms with Gasteiger partial charge in [0.15, 0.2) is 0 Å². The molecule has 1 N–H and O–H groups in total. The van der Waals surface area contributed by atoms with Crippen LogP contribution in [0.5, 0.6) is 0 Å². The number of halogens is 1. The molecule has 76 valence electrons. The highest BCUT2D eigenvalue weighted by molar-refractivity contribution is 9.11. The summed E-state index contributed by atoms with van der Waals surface area (Å²) < 4.78 is 5.14. The molecule has 0 aliphatic heterocycles. The SMILES string of the molecule is COC(=O)CNC(=O)c1ccsc1Br. The molecule has 0 saturated carbocycles. The first-order valence-electron chi connectivity index (χ1n) is 3.73. The molecule has 0 radical (unpaired) electrons. The highest BCUT2D eigenvalue weighted by Gasteiger charge is 2.11. The van der Waals surface area contributed by atoms with Crippen LogP contribution >= 0.6 is 27.3 Å². The van der Waals surface area contributed by atoms with Crippen molar-refractivity contribution >= 4 is 39.1 Å². The van der Waals surface area contributed by atoms with Crippen LogP contribution in [0, 0.1) is 0 Å². The van der Waals surface area contributed by atoms with Gasteiger partial charge in [0, 0.05) is 0 Å². The number of amides is 1. The van der Waals surface area contributed by atoms with Gasteiger partial charge in [-0.1, -0.05) is 0 Å². The second kappa shape index (κ2) is 5.11. The van der Waals surface area contributed by atoms with E-state index in [4.69, 9.17) is 0 Å². The van der Waals surface area contributed by atoms with Gasteiger partial charge in [-0.15, -0.1) is 11.3 Å². The summed E-state index contributed by atoms with van der Waals surface area (Å²) in [6.07, 6.45) is 0. The van der Waals surface area contributed by atoms with E-state index in [1.54, 1.807) is 11.4 Å². The van der Waals surface area contributed by atoms with Gasteiger partial charge in [-0.05, 0) is 27.4 Å². The average Bonchev–Trinajstić information content (AvgIpc) is 2.60. The molecule has 0 aliphatic rings. The van der Waals surface area contributed by atoms with Crippen LogP contribution in [0.4, 0.5) is 0 Å². The van der Waals surface area contributed by atoms with E-state index in [1.807, 2.05) is 0 Å². The Kier molecular flexibility index (Phi) is 4.09. The fraction of sp³-hybridized carbons (Fsp3) is 0.250. The molecule has 14 heavy (non-hydrogen) atoms. The highest BCUT2D eigenvalue weighted by atomic mass is 79.9. The van der Waals surface area contributed by atoms with Crippen LogP contribution in [0.25, 0.3) is 0 Å². The van der Waals surface area contributed by atoms with Gasteiger partial charge in [-0.2, -0.15) is 0 Å². The maximum absolute atomic E-state index is 11.4. The Morgan fingerprint density at radius 2 is 2.36 bits per heavy atom. The van der Waals surface area contributed by atoms with E-state index in [1.165, 1.54) is 18.4 Å². The number of carbonyl (C=O) groups excluding carboxylic acids is 2. The smallest absolute Gasteiger partial charge is 0.325 e. The van der Waals surface area contributed by atoms with Crippen molar-refractivity contribution in [1.82, 2.24) is 5.32 Å². The van der Waals surface area contributed by atoms with Crippen molar-refractivity contribution in [1.29, 1.82) is 0 Å². The molecule has 1 amide bonds. The van der Waals surface area contributed by atoms with Crippen LogP contribution < -0.4 is 5.32 Å².